The standard InChI is InChI=1S/C13H10IN3O/c14-10-4-1-5-11(7-10)17-12-9(3-2-6-15-12)8-16-13(17)18/h1-7H,8H2,(H,16,18). The summed E-state index contributed by atoms with van der Waals surface area (Å²) in [5, 5.41) is 2.85. The van der Waals surface area contributed by atoms with Crippen molar-refractivity contribution >= 4 is 40.1 Å². The molecule has 2 aromatic rings. The minimum absolute atomic E-state index is 0.136. The fourth-order valence-electron chi connectivity index (χ4n) is 1.97. The fraction of sp³-hybridized carbons (Fsp3) is 0.0769. The van der Waals surface area contributed by atoms with Crippen LogP contribution in [0, 0.1) is 3.57 Å². The van der Waals surface area contributed by atoms with Crippen LogP contribution in [0.15, 0.2) is 42.6 Å². The number of rotatable bonds is 1. The van der Waals surface area contributed by atoms with Crippen molar-refractivity contribution in [2.24, 2.45) is 0 Å². The van der Waals surface area contributed by atoms with Gasteiger partial charge in [-0.3, -0.25) is 0 Å². The zero-order valence-corrected chi connectivity index (χ0v) is 11.6. The van der Waals surface area contributed by atoms with Crippen LogP contribution in [0.5, 0.6) is 0 Å². The Bertz CT molecular complexity index is 615. The molecule has 18 heavy (non-hydrogen) atoms. The van der Waals surface area contributed by atoms with Crippen LogP contribution in [0.25, 0.3) is 0 Å². The first-order chi connectivity index (χ1) is 8.75. The summed E-state index contributed by atoms with van der Waals surface area (Å²) in [6.45, 7) is 0.530. The molecular formula is C13H10IN3O. The summed E-state index contributed by atoms with van der Waals surface area (Å²) in [4.78, 5) is 18.0. The molecule has 0 aliphatic carbocycles. The van der Waals surface area contributed by atoms with Crippen molar-refractivity contribution < 1.29 is 4.79 Å². The molecule has 0 bridgehead atoms. The van der Waals surface area contributed by atoms with Gasteiger partial charge in [0.2, 0.25) is 0 Å². The molecule has 0 unspecified atom stereocenters. The molecule has 0 spiro atoms. The summed E-state index contributed by atoms with van der Waals surface area (Å²) in [5.74, 6) is 0.711. The molecular weight excluding hydrogens is 341 g/mol. The van der Waals surface area contributed by atoms with Crippen molar-refractivity contribution in [2.75, 3.05) is 4.90 Å². The largest absolute Gasteiger partial charge is 0.333 e. The highest BCUT2D eigenvalue weighted by Gasteiger charge is 2.26. The number of aromatic nitrogens is 1. The van der Waals surface area contributed by atoms with E-state index >= 15 is 0 Å². The number of carbonyl (C=O) groups is 1. The van der Waals surface area contributed by atoms with E-state index < -0.39 is 0 Å². The summed E-state index contributed by atoms with van der Waals surface area (Å²) in [6.07, 6.45) is 1.71. The van der Waals surface area contributed by atoms with Gasteiger partial charge in [-0.2, -0.15) is 0 Å². The first kappa shape index (κ1) is 11.5. The van der Waals surface area contributed by atoms with Crippen LogP contribution in [0.1, 0.15) is 5.56 Å². The maximum atomic E-state index is 12.0. The van der Waals surface area contributed by atoms with Gasteiger partial charge >= 0.3 is 6.03 Å². The zero-order chi connectivity index (χ0) is 12.5. The van der Waals surface area contributed by atoms with Gasteiger partial charge in [-0.1, -0.05) is 12.1 Å². The molecule has 2 heterocycles. The normalized spacial score (nSPS) is 14.1. The summed E-state index contributed by atoms with van der Waals surface area (Å²) < 4.78 is 1.08. The maximum absolute atomic E-state index is 12.0. The lowest BCUT2D eigenvalue weighted by atomic mass is 10.2. The topological polar surface area (TPSA) is 45.2 Å². The van der Waals surface area contributed by atoms with Gasteiger partial charge in [0, 0.05) is 21.9 Å². The molecule has 1 N–H and O–H groups in total. The number of nitrogens with zero attached hydrogens (tertiary/aromatic N) is 2. The number of pyridine rings is 1. The third-order valence-corrected chi connectivity index (χ3v) is 3.45. The van der Waals surface area contributed by atoms with Crippen LogP contribution >= 0.6 is 22.6 Å². The van der Waals surface area contributed by atoms with E-state index in [2.05, 4.69) is 32.9 Å². The van der Waals surface area contributed by atoms with Crippen molar-refractivity contribution in [3.8, 4) is 0 Å². The number of halogens is 1. The molecule has 4 nitrogen and oxygen atoms in total. The quantitative estimate of drug-likeness (QED) is 0.803. The van der Waals surface area contributed by atoms with Crippen molar-refractivity contribution in [3.05, 3.63) is 51.7 Å². The van der Waals surface area contributed by atoms with E-state index in [0.717, 1.165) is 14.8 Å². The minimum atomic E-state index is -0.136. The maximum Gasteiger partial charge on any atom is 0.327 e. The van der Waals surface area contributed by atoms with E-state index in [1.165, 1.54) is 0 Å². The summed E-state index contributed by atoms with van der Waals surface area (Å²) in [6, 6.07) is 11.5. The molecule has 1 aliphatic heterocycles. The van der Waals surface area contributed by atoms with Crippen LogP contribution in [-0.2, 0) is 6.54 Å². The number of hydrogen-bond donors (Lipinski definition) is 1. The van der Waals surface area contributed by atoms with Gasteiger partial charge in [0.05, 0.1) is 5.69 Å². The van der Waals surface area contributed by atoms with Crippen LogP contribution in [-0.4, -0.2) is 11.0 Å². The number of fused-ring (bicyclic) bond motifs is 1. The Morgan fingerprint density at radius 3 is 3.00 bits per heavy atom. The highest BCUT2D eigenvalue weighted by Crippen LogP contribution is 2.30. The smallest absolute Gasteiger partial charge is 0.327 e. The van der Waals surface area contributed by atoms with Gasteiger partial charge < -0.3 is 5.32 Å². The van der Waals surface area contributed by atoms with Crippen LogP contribution < -0.4 is 10.2 Å². The number of anilines is 2. The van der Waals surface area contributed by atoms with Gasteiger partial charge in [-0.25, -0.2) is 14.7 Å². The second kappa shape index (κ2) is 4.56. The average molecular weight is 351 g/mol. The molecule has 0 saturated heterocycles. The van der Waals surface area contributed by atoms with E-state index in [-0.39, 0.29) is 6.03 Å². The van der Waals surface area contributed by atoms with Crippen molar-refractivity contribution in [2.45, 2.75) is 6.54 Å². The third kappa shape index (κ3) is 1.94. The Kier molecular flexibility index (Phi) is 2.91. The molecule has 0 saturated carbocycles. The highest BCUT2D eigenvalue weighted by molar-refractivity contribution is 14.1. The Hall–Kier alpha value is -1.63. The molecule has 1 aromatic carbocycles. The summed E-state index contributed by atoms with van der Waals surface area (Å²) in [7, 11) is 0. The number of hydrogen-bond acceptors (Lipinski definition) is 2. The first-order valence-corrected chi connectivity index (χ1v) is 6.61. The number of urea groups is 1. The molecule has 0 atom stereocenters. The number of carbonyl (C=O) groups excluding carboxylic acids is 1. The lowest BCUT2D eigenvalue weighted by Gasteiger charge is -2.28. The van der Waals surface area contributed by atoms with Crippen LogP contribution in [0.2, 0.25) is 0 Å². The van der Waals surface area contributed by atoms with Crippen molar-refractivity contribution in [3.63, 3.8) is 0 Å². The fourth-order valence-corrected chi connectivity index (χ4v) is 2.50. The molecule has 2 amide bonds. The molecule has 1 aliphatic rings. The monoisotopic (exact) mass is 351 g/mol. The average Bonchev–Trinajstić information content (AvgIpc) is 2.38. The highest BCUT2D eigenvalue weighted by atomic mass is 127. The third-order valence-electron chi connectivity index (χ3n) is 2.78. The molecule has 90 valence electrons. The van der Waals surface area contributed by atoms with E-state index in [4.69, 9.17) is 0 Å². The second-order valence-electron chi connectivity index (χ2n) is 3.96. The Morgan fingerprint density at radius 1 is 1.28 bits per heavy atom. The molecule has 3 rings (SSSR count). The SMILES string of the molecule is O=C1NCc2cccnc2N1c1cccc(I)c1. The van der Waals surface area contributed by atoms with E-state index in [9.17, 15) is 4.79 Å². The molecule has 0 radical (unpaired) electrons. The van der Waals surface area contributed by atoms with Crippen LogP contribution in [0.4, 0.5) is 16.3 Å². The van der Waals surface area contributed by atoms with Gasteiger partial charge in [-0.05, 0) is 46.9 Å². The van der Waals surface area contributed by atoms with Gasteiger partial charge in [-0.15, -0.1) is 0 Å². The predicted molar refractivity (Wildman–Crippen MR) is 77.8 cm³/mol. The summed E-state index contributed by atoms with van der Waals surface area (Å²) >= 11 is 2.23. The van der Waals surface area contributed by atoms with E-state index in [1.807, 2.05) is 36.4 Å². The molecule has 1 aromatic heterocycles. The Morgan fingerprint density at radius 2 is 2.17 bits per heavy atom. The zero-order valence-electron chi connectivity index (χ0n) is 9.43. The van der Waals surface area contributed by atoms with Gasteiger partial charge in [0.15, 0.2) is 0 Å². The summed E-state index contributed by atoms with van der Waals surface area (Å²) in [5.41, 5.74) is 1.86. The van der Waals surface area contributed by atoms with Crippen molar-refractivity contribution in [1.82, 2.24) is 10.3 Å². The first-order valence-electron chi connectivity index (χ1n) is 5.53. The molecule has 5 heteroatoms. The number of benzene rings is 1. The number of amides is 2. The Labute approximate surface area is 118 Å². The second-order valence-corrected chi connectivity index (χ2v) is 5.21. The van der Waals surface area contributed by atoms with Gasteiger partial charge in [0.25, 0.3) is 0 Å². The predicted octanol–water partition coefficient (Wildman–Crippen LogP) is 3.05. The van der Waals surface area contributed by atoms with E-state index in [0.29, 0.717) is 12.4 Å². The van der Waals surface area contributed by atoms with Crippen LogP contribution in [0.3, 0.4) is 0 Å². The Balaban J connectivity index is 2.13. The van der Waals surface area contributed by atoms with Crippen molar-refractivity contribution in [1.29, 1.82) is 0 Å². The number of nitrogens with one attached hydrogen (secondary N) is 1. The van der Waals surface area contributed by atoms with Gasteiger partial charge in [0.1, 0.15) is 5.82 Å². The van der Waals surface area contributed by atoms with E-state index in [1.54, 1.807) is 11.1 Å². The lowest BCUT2D eigenvalue weighted by Crippen LogP contribution is -2.41. The molecule has 0 fully saturated rings. The lowest BCUT2D eigenvalue weighted by molar-refractivity contribution is 0.247. The minimum Gasteiger partial charge on any atom is -0.333 e.